The van der Waals surface area contributed by atoms with Gasteiger partial charge < -0.3 is 4.74 Å². The molecule has 28 heavy (non-hydrogen) atoms. The van der Waals surface area contributed by atoms with Gasteiger partial charge in [-0.05, 0) is 36.2 Å². The molecular formula is C22H34N2O3S. The zero-order valence-corrected chi connectivity index (χ0v) is 18.6. The fraction of sp³-hybridized carbons (Fsp3) is 0.727. The first kappa shape index (κ1) is 21.6. The zero-order chi connectivity index (χ0) is 20.5. The van der Waals surface area contributed by atoms with Crippen molar-refractivity contribution in [1.29, 1.82) is 0 Å². The van der Waals surface area contributed by atoms with E-state index < -0.39 is 0 Å². The largest absolute Gasteiger partial charge is 0.380 e. The third kappa shape index (κ3) is 3.59. The predicted molar refractivity (Wildman–Crippen MR) is 115 cm³/mol. The number of nitro benzene ring substituents is 1. The number of nitrogens with zero attached hydrogens (tertiary/aromatic N) is 1. The van der Waals surface area contributed by atoms with Crippen molar-refractivity contribution < 1.29 is 9.66 Å². The number of non-ortho nitro benzene ring substituents is 1. The number of nitro groups is 1. The van der Waals surface area contributed by atoms with Gasteiger partial charge in [0.05, 0.1) is 11.0 Å². The molecule has 0 spiro atoms. The van der Waals surface area contributed by atoms with Crippen molar-refractivity contribution in [2.45, 2.75) is 77.2 Å². The number of fused-ring (bicyclic) bond motifs is 2. The number of unbranched alkanes of at least 4 members (excludes halogenated alkanes) is 1. The van der Waals surface area contributed by atoms with Gasteiger partial charge in [0.15, 0.2) is 0 Å². The second-order valence-electron chi connectivity index (χ2n) is 9.18. The summed E-state index contributed by atoms with van der Waals surface area (Å²) in [6, 6.07) is 7.21. The second kappa shape index (κ2) is 8.33. The number of methoxy groups -OCH3 is 1. The molecule has 2 fully saturated rings. The summed E-state index contributed by atoms with van der Waals surface area (Å²) in [7, 11) is 1.85. The Bertz CT molecular complexity index is 694. The molecule has 0 aliphatic heterocycles. The van der Waals surface area contributed by atoms with Crippen molar-refractivity contribution in [3.63, 3.8) is 0 Å². The highest BCUT2D eigenvalue weighted by molar-refractivity contribution is 7.98. The molecule has 2 bridgehead atoms. The number of rotatable bonds is 9. The first-order valence-corrected chi connectivity index (χ1v) is 11.3. The summed E-state index contributed by atoms with van der Waals surface area (Å²) >= 11 is 1.84. The monoisotopic (exact) mass is 406 g/mol. The average molecular weight is 407 g/mol. The molecule has 0 heterocycles. The van der Waals surface area contributed by atoms with Crippen LogP contribution < -0.4 is 4.72 Å². The Morgan fingerprint density at radius 3 is 2.57 bits per heavy atom. The van der Waals surface area contributed by atoms with Gasteiger partial charge in [-0.15, -0.1) is 0 Å². The smallest absolute Gasteiger partial charge is 0.269 e. The van der Waals surface area contributed by atoms with E-state index in [1.165, 1.54) is 12.8 Å². The van der Waals surface area contributed by atoms with Crippen molar-refractivity contribution in [2.75, 3.05) is 7.11 Å². The van der Waals surface area contributed by atoms with Crippen molar-refractivity contribution in [3.05, 3.63) is 39.9 Å². The summed E-state index contributed by atoms with van der Waals surface area (Å²) in [6.45, 7) is 9.40. The van der Waals surface area contributed by atoms with Crippen molar-refractivity contribution >= 4 is 17.6 Å². The van der Waals surface area contributed by atoms with E-state index in [4.69, 9.17) is 4.74 Å². The molecule has 3 rings (SSSR count). The molecule has 3 unspecified atom stereocenters. The minimum Gasteiger partial charge on any atom is -0.380 e. The standard InChI is InChI=1S/C22H34N2O3S/c1-6-7-8-18(15-9-11-16(12-10-15)24(25)26)23-28-19-17-13-14-22(4,20(19)27-5)21(17,2)3/h9-12,17-20,23H,6-8,13-14H2,1-5H3/t17-,18?,19?,20?,22+/m1/s1. The number of hydrogen-bond acceptors (Lipinski definition) is 5. The Labute approximate surface area is 173 Å². The lowest BCUT2D eigenvalue weighted by molar-refractivity contribution is -0.384. The summed E-state index contributed by atoms with van der Waals surface area (Å²) in [5.74, 6) is 0.642. The third-order valence-corrected chi connectivity index (χ3v) is 8.92. The molecule has 0 amide bonds. The van der Waals surface area contributed by atoms with E-state index in [0.717, 1.165) is 24.8 Å². The summed E-state index contributed by atoms with van der Waals surface area (Å²) < 4.78 is 9.75. The molecule has 2 saturated carbocycles. The van der Waals surface area contributed by atoms with E-state index >= 15 is 0 Å². The Kier molecular flexibility index (Phi) is 6.42. The number of hydrogen-bond donors (Lipinski definition) is 1. The van der Waals surface area contributed by atoms with Crippen LogP contribution in [0.2, 0.25) is 0 Å². The maximum absolute atomic E-state index is 11.0. The van der Waals surface area contributed by atoms with Gasteiger partial charge in [0, 0.05) is 35.9 Å². The lowest BCUT2D eigenvalue weighted by atomic mass is 9.70. The van der Waals surface area contributed by atoms with Crippen molar-refractivity contribution in [1.82, 2.24) is 4.72 Å². The van der Waals surface area contributed by atoms with Crippen LogP contribution >= 0.6 is 11.9 Å². The van der Waals surface area contributed by atoms with Gasteiger partial charge in [-0.3, -0.25) is 14.8 Å². The van der Waals surface area contributed by atoms with Crippen LogP contribution in [-0.2, 0) is 4.74 Å². The van der Waals surface area contributed by atoms with Crippen LogP contribution in [-0.4, -0.2) is 23.4 Å². The van der Waals surface area contributed by atoms with E-state index in [1.807, 2.05) is 31.2 Å². The molecule has 1 N–H and O–H groups in total. The van der Waals surface area contributed by atoms with Crippen molar-refractivity contribution in [2.24, 2.45) is 16.7 Å². The maximum Gasteiger partial charge on any atom is 0.269 e. The summed E-state index contributed by atoms with van der Waals surface area (Å²) in [4.78, 5) is 10.6. The molecule has 2 aliphatic rings. The van der Waals surface area contributed by atoms with E-state index in [0.29, 0.717) is 11.2 Å². The van der Waals surface area contributed by atoms with Crippen LogP contribution in [0, 0.1) is 26.9 Å². The maximum atomic E-state index is 11.0. The van der Waals surface area contributed by atoms with Crippen molar-refractivity contribution in [3.8, 4) is 0 Å². The molecule has 5 nitrogen and oxygen atoms in total. The van der Waals surface area contributed by atoms with E-state index in [-0.39, 0.29) is 33.6 Å². The van der Waals surface area contributed by atoms with Gasteiger partial charge in [-0.25, -0.2) is 0 Å². The van der Waals surface area contributed by atoms with E-state index in [9.17, 15) is 10.1 Å². The fourth-order valence-corrected chi connectivity index (χ4v) is 7.20. The third-order valence-electron chi connectivity index (χ3n) is 7.65. The Morgan fingerprint density at radius 2 is 2.00 bits per heavy atom. The highest BCUT2D eigenvalue weighted by Crippen LogP contribution is 2.68. The average Bonchev–Trinajstić information content (AvgIpc) is 2.99. The van der Waals surface area contributed by atoms with Gasteiger partial charge in [0.2, 0.25) is 0 Å². The quantitative estimate of drug-likeness (QED) is 0.314. The Hall–Kier alpha value is -1.11. The molecule has 2 aliphatic carbocycles. The van der Waals surface area contributed by atoms with Crippen LogP contribution in [0.5, 0.6) is 0 Å². The SMILES string of the molecule is CCCCC(NSC1C(OC)[C@]2(C)CC[C@H]1C2(C)C)c1ccc([N+](=O)[O-])cc1. The molecule has 6 heteroatoms. The lowest BCUT2D eigenvalue weighted by Crippen LogP contribution is -2.41. The first-order chi connectivity index (χ1) is 13.3. The molecule has 5 atom stereocenters. The van der Waals surface area contributed by atoms with Gasteiger partial charge >= 0.3 is 0 Å². The number of ether oxygens (including phenoxy) is 1. The van der Waals surface area contributed by atoms with Gasteiger partial charge in [0.1, 0.15) is 0 Å². The second-order valence-corrected chi connectivity index (χ2v) is 10.2. The highest BCUT2D eigenvalue weighted by atomic mass is 32.2. The van der Waals surface area contributed by atoms with Gasteiger partial charge in [-0.1, -0.05) is 64.6 Å². The minimum atomic E-state index is -0.339. The van der Waals surface area contributed by atoms with Gasteiger partial charge in [-0.2, -0.15) is 0 Å². The number of benzene rings is 1. The lowest BCUT2D eigenvalue weighted by Gasteiger charge is -2.39. The molecule has 1 aromatic rings. The Balaban J connectivity index is 1.74. The van der Waals surface area contributed by atoms with Crippen LogP contribution in [0.4, 0.5) is 5.69 Å². The fourth-order valence-electron chi connectivity index (χ4n) is 5.45. The molecule has 0 radical (unpaired) electrons. The zero-order valence-electron chi connectivity index (χ0n) is 17.7. The molecular weight excluding hydrogens is 372 g/mol. The van der Waals surface area contributed by atoms with Gasteiger partial charge in [0.25, 0.3) is 5.69 Å². The Morgan fingerprint density at radius 1 is 1.32 bits per heavy atom. The minimum absolute atomic E-state index is 0.146. The van der Waals surface area contributed by atoms with Crippen LogP contribution in [0.15, 0.2) is 24.3 Å². The summed E-state index contributed by atoms with van der Waals surface area (Å²) in [5, 5.41) is 11.4. The predicted octanol–water partition coefficient (Wildman–Crippen LogP) is 5.90. The van der Waals surface area contributed by atoms with Crippen LogP contribution in [0.1, 0.15) is 71.4 Å². The summed E-state index contributed by atoms with van der Waals surface area (Å²) in [6.07, 6.45) is 6.04. The van der Waals surface area contributed by atoms with E-state index in [1.54, 1.807) is 12.1 Å². The molecule has 0 saturated heterocycles. The topological polar surface area (TPSA) is 64.4 Å². The molecule has 156 valence electrons. The molecule has 0 aromatic heterocycles. The van der Waals surface area contributed by atoms with E-state index in [2.05, 4.69) is 32.4 Å². The summed E-state index contributed by atoms with van der Waals surface area (Å²) in [5.41, 5.74) is 1.76. The van der Waals surface area contributed by atoms with Crippen LogP contribution in [0.3, 0.4) is 0 Å². The van der Waals surface area contributed by atoms with Crippen LogP contribution in [0.25, 0.3) is 0 Å². The normalized spacial score (nSPS) is 31.8. The highest BCUT2D eigenvalue weighted by Gasteiger charge is 2.66. The first-order valence-electron chi connectivity index (χ1n) is 10.4. The molecule has 1 aromatic carbocycles. The number of nitrogens with one attached hydrogen (secondary N) is 1.